The molecule has 2 aromatic carbocycles. The summed E-state index contributed by atoms with van der Waals surface area (Å²) in [5.74, 6) is -0.643. The molecule has 31 heavy (non-hydrogen) atoms. The third-order valence-corrected chi connectivity index (χ3v) is 4.80. The van der Waals surface area contributed by atoms with E-state index in [0.29, 0.717) is 5.56 Å². The Hall–Kier alpha value is -3.75. The highest BCUT2D eigenvalue weighted by Crippen LogP contribution is 2.33. The highest BCUT2D eigenvalue weighted by atomic mass is 19.4. The molecule has 0 unspecified atom stereocenters. The smallest absolute Gasteiger partial charge is 0.434 e. The predicted molar refractivity (Wildman–Crippen MR) is 106 cm³/mol. The molecule has 4 aromatic rings. The monoisotopic (exact) mass is 429 g/mol. The van der Waals surface area contributed by atoms with Gasteiger partial charge in [0.1, 0.15) is 17.4 Å². The molecule has 1 N–H and O–H groups in total. The molecule has 2 aromatic heterocycles. The van der Waals surface area contributed by atoms with Crippen LogP contribution in [0.25, 0.3) is 22.3 Å². The summed E-state index contributed by atoms with van der Waals surface area (Å²) >= 11 is 0. The van der Waals surface area contributed by atoms with E-state index < -0.39 is 28.6 Å². The Kier molecular flexibility index (Phi) is 5.18. The second-order valence-electron chi connectivity index (χ2n) is 6.84. The lowest BCUT2D eigenvalue weighted by Crippen LogP contribution is -2.27. The number of phenols is 1. The van der Waals surface area contributed by atoms with E-state index in [2.05, 4.69) is 9.97 Å². The molecule has 4 rings (SSSR count). The van der Waals surface area contributed by atoms with Crippen LogP contribution >= 0.6 is 0 Å². The maximum atomic E-state index is 13.5. The minimum atomic E-state index is -4.85. The van der Waals surface area contributed by atoms with Crippen molar-refractivity contribution in [1.29, 1.82) is 0 Å². The van der Waals surface area contributed by atoms with Gasteiger partial charge in [-0.1, -0.05) is 24.3 Å². The maximum Gasteiger partial charge on any atom is 0.434 e. The lowest BCUT2D eigenvalue weighted by molar-refractivity contribution is -0.139. The van der Waals surface area contributed by atoms with Crippen LogP contribution in [-0.2, 0) is 19.1 Å². The first kappa shape index (κ1) is 20.5. The van der Waals surface area contributed by atoms with Crippen LogP contribution in [0.5, 0.6) is 5.75 Å². The van der Waals surface area contributed by atoms with E-state index in [1.54, 1.807) is 18.2 Å². The Balaban J connectivity index is 1.96. The van der Waals surface area contributed by atoms with Crippen molar-refractivity contribution < 1.29 is 22.7 Å². The second-order valence-corrected chi connectivity index (χ2v) is 6.84. The largest absolute Gasteiger partial charge is 0.507 e. The Bertz CT molecular complexity index is 1330. The summed E-state index contributed by atoms with van der Waals surface area (Å²) in [6.07, 6.45) is -3.76. The summed E-state index contributed by atoms with van der Waals surface area (Å²) in [6, 6.07) is 13.0. The molecule has 158 valence electrons. The molecule has 0 amide bonds. The van der Waals surface area contributed by atoms with Gasteiger partial charge in [0.15, 0.2) is 5.69 Å². The zero-order valence-electron chi connectivity index (χ0n) is 15.9. The third kappa shape index (κ3) is 3.98. The average molecular weight is 429 g/mol. The van der Waals surface area contributed by atoms with Gasteiger partial charge in [0.25, 0.3) is 5.56 Å². The second kappa shape index (κ2) is 7.82. The molecule has 0 aliphatic heterocycles. The highest BCUT2D eigenvalue weighted by molar-refractivity contribution is 5.82. The number of hydrogen-bond acceptors (Lipinski definition) is 4. The van der Waals surface area contributed by atoms with E-state index in [9.17, 15) is 27.5 Å². The molecule has 0 radical (unpaired) electrons. The molecule has 0 spiro atoms. The van der Waals surface area contributed by atoms with Gasteiger partial charge in [-0.3, -0.25) is 14.3 Å². The SMILES string of the molecule is O=c1c2c(C(F)(F)F)nccc2nc(-c2ccccc2O)n1CCc1cccc(F)c1. The van der Waals surface area contributed by atoms with Gasteiger partial charge < -0.3 is 5.11 Å². The van der Waals surface area contributed by atoms with Crippen molar-refractivity contribution in [3.8, 4) is 17.1 Å². The van der Waals surface area contributed by atoms with Crippen LogP contribution in [0, 0.1) is 5.82 Å². The first-order valence-corrected chi connectivity index (χ1v) is 9.25. The van der Waals surface area contributed by atoms with Crippen molar-refractivity contribution >= 4 is 10.9 Å². The molecule has 0 bridgehead atoms. The molecule has 0 atom stereocenters. The number of phenolic OH excluding ortho intramolecular Hbond substituents is 1. The summed E-state index contributed by atoms with van der Waals surface area (Å²) in [7, 11) is 0. The number of aromatic nitrogens is 3. The summed E-state index contributed by atoms with van der Waals surface area (Å²) < 4.78 is 55.0. The molecule has 0 saturated heterocycles. The first-order valence-electron chi connectivity index (χ1n) is 9.25. The Morgan fingerprint density at radius 2 is 1.81 bits per heavy atom. The fourth-order valence-electron chi connectivity index (χ4n) is 3.39. The molecule has 9 heteroatoms. The summed E-state index contributed by atoms with van der Waals surface area (Å²) in [5.41, 5.74) is -1.72. The fraction of sp³-hybridized carbons (Fsp3) is 0.136. The number of para-hydroxylation sites is 1. The molecule has 0 saturated carbocycles. The number of fused-ring (bicyclic) bond motifs is 1. The number of aryl methyl sites for hydroxylation is 1. The number of hydrogen-bond donors (Lipinski definition) is 1. The number of nitrogens with zero attached hydrogens (tertiary/aromatic N) is 3. The fourth-order valence-corrected chi connectivity index (χ4v) is 3.39. The van der Waals surface area contributed by atoms with Gasteiger partial charge >= 0.3 is 6.18 Å². The van der Waals surface area contributed by atoms with Crippen molar-refractivity contribution in [3.63, 3.8) is 0 Å². The standard InChI is InChI=1S/C22H15F4N3O2/c23-14-5-3-4-13(12-14)9-11-29-20(15-6-1-2-7-17(15)30)28-16-8-10-27-19(22(24,25)26)18(16)21(29)31/h1-8,10,12,30H,9,11H2. The minimum Gasteiger partial charge on any atom is -0.507 e. The Morgan fingerprint density at radius 1 is 1.03 bits per heavy atom. The zero-order chi connectivity index (χ0) is 22.2. The number of benzene rings is 2. The van der Waals surface area contributed by atoms with Crippen LogP contribution in [0.1, 0.15) is 11.3 Å². The van der Waals surface area contributed by atoms with Crippen molar-refractivity contribution in [1.82, 2.24) is 14.5 Å². The van der Waals surface area contributed by atoms with Gasteiger partial charge in [-0.05, 0) is 42.3 Å². The zero-order valence-corrected chi connectivity index (χ0v) is 15.9. The van der Waals surface area contributed by atoms with E-state index in [1.807, 2.05) is 0 Å². The van der Waals surface area contributed by atoms with E-state index >= 15 is 0 Å². The van der Waals surface area contributed by atoms with E-state index in [1.165, 1.54) is 36.4 Å². The Morgan fingerprint density at radius 3 is 2.52 bits per heavy atom. The van der Waals surface area contributed by atoms with Gasteiger partial charge in [-0.2, -0.15) is 13.2 Å². The molecular formula is C22H15F4N3O2. The molecule has 0 aliphatic rings. The van der Waals surface area contributed by atoms with Gasteiger partial charge in [0, 0.05) is 12.7 Å². The van der Waals surface area contributed by atoms with Crippen LogP contribution < -0.4 is 5.56 Å². The van der Waals surface area contributed by atoms with Crippen molar-refractivity contribution in [2.75, 3.05) is 0 Å². The Labute approximate surface area is 173 Å². The minimum absolute atomic E-state index is 0.00586. The van der Waals surface area contributed by atoms with Crippen LogP contribution in [0.15, 0.2) is 65.6 Å². The van der Waals surface area contributed by atoms with Crippen LogP contribution in [-0.4, -0.2) is 19.6 Å². The third-order valence-electron chi connectivity index (χ3n) is 4.80. The molecule has 0 aliphatic carbocycles. The maximum absolute atomic E-state index is 13.5. The van der Waals surface area contributed by atoms with E-state index in [-0.39, 0.29) is 35.6 Å². The average Bonchev–Trinajstić information content (AvgIpc) is 2.72. The van der Waals surface area contributed by atoms with Crippen LogP contribution in [0.4, 0.5) is 17.6 Å². The number of halogens is 4. The topological polar surface area (TPSA) is 68.0 Å². The van der Waals surface area contributed by atoms with Gasteiger partial charge in [-0.25, -0.2) is 9.37 Å². The van der Waals surface area contributed by atoms with Crippen molar-refractivity contribution in [3.05, 3.63) is 88.2 Å². The highest BCUT2D eigenvalue weighted by Gasteiger charge is 2.36. The lowest BCUT2D eigenvalue weighted by Gasteiger charge is -2.16. The van der Waals surface area contributed by atoms with E-state index in [0.717, 1.165) is 10.8 Å². The molecule has 0 fully saturated rings. The normalized spacial score (nSPS) is 11.7. The lowest BCUT2D eigenvalue weighted by atomic mass is 10.1. The van der Waals surface area contributed by atoms with Gasteiger partial charge in [-0.15, -0.1) is 0 Å². The number of alkyl halides is 3. The van der Waals surface area contributed by atoms with Gasteiger partial charge in [0.2, 0.25) is 0 Å². The van der Waals surface area contributed by atoms with Crippen molar-refractivity contribution in [2.24, 2.45) is 0 Å². The van der Waals surface area contributed by atoms with Crippen molar-refractivity contribution in [2.45, 2.75) is 19.1 Å². The number of rotatable bonds is 4. The van der Waals surface area contributed by atoms with E-state index in [4.69, 9.17) is 0 Å². The summed E-state index contributed by atoms with van der Waals surface area (Å²) in [5, 5.41) is 9.60. The molecule has 5 nitrogen and oxygen atoms in total. The predicted octanol–water partition coefficient (Wildman–Crippen LogP) is 4.56. The quantitative estimate of drug-likeness (QED) is 0.483. The van der Waals surface area contributed by atoms with Gasteiger partial charge in [0.05, 0.1) is 16.5 Å². The first-order chi connectivity index (χ1) is 14.8. The number of pyridine rings is 1. The number of aromatic hydroxyl groups is 1. The van der Waals surface area contributed by atoms with Crippen LogP contribution in [0.3, 0.4) is 0 Å². The summed E-state index contributed by atoms with van der Waals surface area (Å²) in [4.78, 5) is 20.8. The van der Waals surface area contributed by atoms with Crippen LogP contribution in [0.2, 0.25) is 0 Å². The summed E-state index contributed by atoms with van der Waals surface area (Å²) in [6.45, 7) is -0.0823. The molecular weight excluding hydrogens is 414 g/mol. The molecule has 2 heterocycles.